The Morgan fingerprint density at radius 3 is 2.76 bits per heavy atom. The summed E-state index contributed by atoms with van der Waals surface area (Å²) in [5, 5.41) is 11.3. The van der Waals surface area contributed by atoms with Crippen molar-refractivity contribution in [2.45, 2.75) is 39.8 Å². The molecule has 2 N–H and O–H groups in total. The monoisotopic (exact) mass is 404 g/mol. The van der Waals surface area contributed by atoms with Gasteiger partial charge in [-0.3, -0.25) is 9.67 Å². The van der Waals surface area contributed by atoms with E-state index in [0.717, 1.165) is 42.9 Å². The zero-order valence-electron chi connectivity index (χ0n) is 17.5. The van der Waals surface area contributed by atoms with Crippen LogP contribution in [0.3, 0.4) is 0 Å². The number of rotatable bonds is 6. The first kappa shape index (κ1) is 21.1. The molecule has 158 valence electrons. The summed E-state index contributed by atoms with van der Waals surface area (Å²) in [7, 11) is 1.74. The molecule has 2 aromatic rings. The van der Waals surface area contributed by atoms with Gasteiger partial charge in [0.2, 0.25) is 0 Å². The lowest BCUT2D eigenvalue weighted by molar-refractivity contribution is 0.435. The lowest BCUT2D eigenvalue weighted by Crippen LogP contribution is -2.46. The second-order valence-electron chi connectivity index (χ2n) is 7.84. The molecule has 1 aliphatic heterocycles. The third-order valence-corrected chi connectivity index (χ3v) is 5.21. The second kappa shape index (κ2) is 9.24. The molecule has 2 unspecified atom stereocenters. The number of benzene rings is 1. The molecule has 1 fully saturated rings. The third kappa shape index (κ3) is 5.46. The van der Waals surface area contributed by atoms with E-state index in [9.17, 15) is 8.78 Å². The van der Waals surface area contributed by atoms with Gasteiger partial charge in [-0.25, -0.2) is 8.78 Å². The topological polar surface area (TPSA) is 57.5 Å². The highest BCUT2D eigenvalue weighted by molar-refractivity contribution is 5.80. The van der Waals surface area contributed by atoms with Crippen LogP contribution in [0.15, 0.2) is 29.3 Å². The summed E-state index contributed by atoms with van der Waals surface area (Å²) in [5.74, 6) is 0.0297. The summed E-state index contributed by atoms with van der Waals surface area (Å²) < 4.78 is 29.2. The highest BCUT2D eigenvalue weighted by Gasteiger charge is 2.25. The average Bonchev–Trinajstić information content (AvgIpc) is 3.24. The molecule has 29 heavy (non-hydrogen) atoms. The fourth-order valence-electron chi connectivity index (χ4n) is 3.71. The highest BCUT2D eigenvalue weighted by atomic mass is 19.1. The van der Waals surface area contributed by atoms with Crippen LogP contribution < -0.4 is 15.5 Å². The summed E-state index contributed by atoms with van der Waals surface area (Å²) >= 11 is 0. The van der Waals surface area contributed by atoms with Crippen LogP contribution in [0.4, 0.5) is 14.5 Å². The maximum absolute atomic E-state index is 14.0. The molecule has 0 saturated carbocycles. The quantitative estimate of drug-likeness (QED) is 0.574. The molecule has 1 saturated heterocycles. The van der Waals surface area contributed by atoms with Crippen molar-refractivity contribution in [1.82, 2.24) is 20.4 Å². The second-order valence-corrected chi connectivity index (χ2v) is 7.84. The van der Waals surface area contributed by atoms with E-state index in [0.29, 0.717) is 24.7 Å². The van der Waals surface area contributed by atoms with Crippen LogP contribution in [-0.4, -0.2) is 48.5 Å². The molecule has 0 amide bonds. The number of guanidine groups is 1. The minimum Gasteiger partial charge on any atom is -0.367 e. The van der Waals surface area contributed by atoms with E-state index in [2.05, 4.69) is 40.6 Å². The molecule has 0 bridgehead atoms. The Morgan fingerprint density at radius 2 is 2.10 bits per heavy atom. The largest absolute Gasteiger partial charge is 0.367 e. The van der Waals surface area contributed by atoms with Crippen molar-refractivity contribution in [3.8, 4) is 0 Å². The predicted molar refractivity (Wildman–Crippen MR) is 112 cm³/mol. The fraction of sp³-hybridized carbons (Fsp3) is 0.524. The van der Waals surface area contributed by atoms with Gasteiger partial charge in [0.25, 0.3) is 0 Å². The molecule has 3 rings (SSSR count). The van der Waals surface area contributed by atoms with Gasteiger partial charge >= 0.3 is 0 Å². The molecule has 1 aromatic carbocycles. The maximum Gasteiger partial charge on any atom is 0.191 e. The van der Waals surface area contributed by atoms with Crippen LogP contribution in [0.5, 0.6) is 0 Å². The lowest BCUT2D eigenvalue weighted by atomic mass is 10.2. The summed E-state index contributed by atoms with van der Waals surface area (Å²) in [5.41, 5.74) is 2.64. The van der Waals surface area contributed by atoms with E-state index < -0.39 is 11.6 Å². The van der Waals surface area contributed by atoms with Gasteiger partial charge in [-0.15, -0.1) is 0 Å². The molecule has 0 radical (unpaired) electrons. The van der Waals surface area contributed by atoms with Crippen LogP contribution in [0.25, 0.3) is 0 Å². The van der Waals surface area contributed by atoms with Crippen molar-refractivity contribution in [2.75, 3.05) is 31.6 Å². The van der Waals surface area contributed by atoms with Crippen molar-refractivity contribution in [1.29, 1.82) is 0 Å². The minimum atomic E-state index is -0.556. The molecular weight excluding hydrogens is 374 g/mol. The van der Waals surface area contributed by atoms with E-state index in [-0.39, 0.29) is 6.04 Å². The summed E-state index contributed by atoms with van der Waals surface area (Å²) in [4.78, 5) is 6.24. The molecule has 8 heteroatoms. The van der Waals surface area contributed by atoms with Gasteiger partial charge in [-0.05, 0) is 44.4 Å². The van der Waals surface area contributed by atoms with Gasteiger partial charge in [0.1, 0.15) is 11.6 Å². The van der Waals surface area contributed by atoms with Crippen LogP contribution in [0.2, 0.25) is 0 Å². The number of nitrogens with zero attached hydrogens (tertiary/aromatic N) is 4. The summed E-state index contributed by atoms with van der Waals surface area (Å²) in [6, 6.07) is 5.96. The van der Waals surface area contributed by atoms with Crippen LogP contribution in [-0.2, 0) is 6.54 Å². The maximum atomic E-state index is 14.0. The summed E-state index contributed by atoms with van der Waals surface area (Å²) in [6.45, 7) is 9.20. The molecule has 1 aromatic heterocycles. The van der Waals surface area contributed by atoms with E-state index in [1.165, 1.54) is 12.1 Å². The van der Waals surface area contributed by atoms with Crippen molar-refractivity contribution >= 4 is 11.6 Å². The first-order valence-corrected chi connectivity index (χ1v) is 10.0. The first-order valence-electron chi connectivity index (χ1n) is 10.0. The average molecular weight is 405 g/mol. The molecule has 6 nitrogen and oxygen atoms in total. The number of hydrogen-bond acceptors (Lipinski definition) is 3. The predicted octanol–water partition coefficient (Wildman–Crippen LogP) is 2.86. The zero-order valence-corrected chi connectivity index (χ0v) is 17.5. The SMILES string of the molecule is CN=C(NCC(C)Cn1nc(C)cc1C)NC1CCN(c2ccc(F)cc2F)C1. The first-order chi connectivity index (χ1) is 13.9. The Hall–Kier alpha value is -2.64. The smallest absolute Gasteiger partial charge is 0.191 e. The minimum absolute atomic E-state index is 0.150. The van der Waals surface area contributed by atoms with Gasteiger partial charge in [0.05, 0.1) is 11.4 Å². The molecular formula is C21H30F2N6. The normalized spacial score (nSPS) is 18.2. The van der Waals surface area contributed by atoms with Gasteiger partial charge in [0, 0.05) is 51.0 Å². The molecule has 0 aliphatic carbocycles. The molecule has 0 spiro atoms. The lowest BCUT2D eigenvalue weighted by Gasteiger charge is -2.22. The fourth-order valence-corrected chi connectivity index (χ4v) is 3.71. The number of hydrogen-bond donors (Lipinski definition) is 2. The molecule has 1 aliphatic rings. The van der Waals surface area contributed by atoms with Crippen molar-refractivity contribution < 1.29 is 8.78 Å². The number of anilines is 1. The number of halogens is 2. The van der Waals surface area contributed by atoms with E-state index >= 15 is 0 Å². The van der Waals surface area contributed by atoms with E-state index in [1.807, 2.05) is 16.5 Å². The Bertz CT molecular complexity index is 863. The number of aryl methyl sites for hydroxylation is 2. The Labute approximate surface area is 171 Å². The number of aromatic nitrogens is 2. The number of nitrogens with one attached hydrogen (secondary N) is 2. The Balaban J connectivity index is 1.48. The number of aliphatic imine (C=N–C) groups is 1. The highest BCUT2D eigenvalue weighted by Crippen LogP contribution is 2.24. The van der Waals surface area contributed by atoms with E-state index in [4.69, 9.17) is 0 Å². The van der Waals surface area contributed by atoms with E-state index in [1.54, 1.807) is 7.05 Å². The van der Waals surface area contributed by atoms with Crippen molar-refractivity contribution in [3.63, 3.8) is 0 Å². The van der Waals surface area contributed by atoms with Crippen LogP contribution in [0.1, 0.15) is 24.7 Å². The molecule has 2 heterocycles. The Morgan fingerprint density at radius 1 is 1.31 bits per heavy atom. The van der Waals surface area contributed by atoms with Crippen molar-refractivity contribution in [2.24, 2.45) is 10.9 Å². The third-order valence-electron chi connectivity index (χ3n) is 5.21. The zero-order chi connectivity index (χ0) is 21.0. The standard InChI is InChI=1S/C21H30F2N6/c1-14(12-29-16(3)9-15(2)27-29)11-25-21(24-4)26-18-7-8-28(13-18)20-6-5-17(22)10-19(20)23/h5-6,9-10,14,18H,7-8,11-13H2,1-4H3,(H2,24,25,26). The van der Waals surface area contributed by atoms with Crippen LogP contribution in [0, 0.1) is 31.4 Å². The van der Waals surface area contributed by atoms with Gasteiger partial charge in [-0.1, -0.05) is 6.92 Å². The van der Waals surface area contributed by atoms with Gasteiger partial charge in [0.15, 0.2) is 5.96 Å². The Kier molecular flexibility index (Phi) is 6.71. The molecule has 2 atom stereocenters. The van der Waals surface area contributed by atoms with Crippen LogP contribution >= 0.6 is 0 Å². The van der Waals surface area contributed by atoms with Gasteiger partial charge in [-0.2, -0.15) is 5.10 Å². The van der Waals surface area contributed by atoms with Gasteiger partial charge < -0.3 is 15.5 Å². The summed E-state index contributed by atoms with van der Waals surface area (Å²) in [6.07, 6.45) is 0.860. The van der Waals surface area contributed by atoms with Crippen molar-refractivity contribution in [3.05, 3.63) is 47.3 Å².